The van der Waals surface area contributed by atoms with Crippen molar-refractivity contribution in [3.8, 4) is 11.7 Å². The standard InChI is InChI=1S/C21H19ClN8O/c1-13-10-14(2)30(29-13)21-26-19(24-17-8-6-16(22)7-9-17)25-20(27-21)28-23-12-15-4-3-5-18(31)11-15/h3-12,31H,1-2H3,(H2,24,25,26,27,28)/b23-12+. The predicted octanol–water partition coefficient (Wildman–Crippen LogP) is 4.22. The zero-order valence-corrected chi connectivity index (χ0v) is 17.5. The van der Waals surface area contributed by atoms with Gasteiger partial charge in [0, 0.05) is 16.4 Å². The van der Waals surface area contributed by atoms with E-state index < -0.39 is 0 Å². The number of hydrazone groups is 1. The summed E-state index contributed by atoms with van der Waals surface area (Å²) < 4.78 is 1.63. The number of nitrogens with one attached hydrogen (secondary N) is 2. The number of aromatic hydroxyl groups is 1. The van der Waals surface area contributed by atoms with Gasteiger partial charge in [-0.05, 0) is 61.9 Å². The predicted molar refractivity (Wildman–Crippen MR) is 120 cm³/mol. The first-order chi connectivity index (χ1) is 15.0. The van der Waals surface area contributed by atoms with Gasteiger partial charge in [0.05, 0.1) is 11.9 Å². The summed E-state index contributed by atoms with van der Waals surface area (Å²) in [5.74, 6) is 1.04. The normalized spacial score (nSPS) is 11.1. The van der Waals surface area contributed by atoms with Crippen molar-refractivity contribution in [2.45, 2.75) is 13.8 Å². The highest BCUT2D eigenvalue weighted by Crippen LogP contribution is 2.19. The van der Waals surface area contributed by atoms with Crippen molar-refractivity contribution in [1.82, 2.24) is 24.7 Å². The van der Waals surface area contributed by atoms with Gasteiger partial charge in [-0.3, -0.25) is 0 Å². The van der Waals surface area contributed by atoms with Gasteiger partial charge >= 0.3 is 0 Å². The third kappa shape index (κ3) is 5.14. The molecule has 0 unspecified atom stereocenters. The largest absolute Gasteiger partial charge is 0.508 e. The van der Waals surface area contributed by atoms with Gasteiger partial charge < -0.3 is 10.4 Å². The molecule has 0 saturated carbocycles. The lowest BCUT2D eigenvalue weighted by molar-refractivity contribution is 0.475. The topological polar surface area (TPSA) is 113 Å². The van der Waals surface area contributed by atoms with Crippen molar-refractivity contribution in [3.05, 3.63) is 76.6 Å². The quantitative estimate of drug-likeness (QED) is 0.307. The van der Waals surface area contributed by atoms with E-state index in [2.05, 4.69) is 35.9 Å². The molecule has 0 aliphatic carbocycles. The Kier molecular flexibility index (Phi) is 5.76. The van der Waals surface area contributed by atoms with Gasteiger partial charge in [0.15, 0.2) is 0 Å². The lowest BCUT2D eigenvalue weighted by Crippen LogP contribution is -2.11. The van der Waals surface area contributed by atoms with Crippen LogP contribution in [0.5, 0.6) is 5.75 Å². The van der Waals surface area contributed by atoms with E-state index in [0.29, 0.717) is 16.9 Å². The van der Waals surface area contributed by atoms with Crippen LogP contribution in [0.3, 0.4) is 0 Å². The maximum absolute atomic E-state index is 9.57. The molecule has 9 nitrogen and oxygen atoms in total. The smallest absolute Gasteiger partial charge is 0.257 e. The van der Waals surface area contributed by atoms with E-state index in [1.807, 2.05) is 38.1 Å². The average molecular weight is 435 g/mol. The molecule has 156 valence electrons. The molecular weight excluding hydrogens is 416 g/mol. The number of aryl methyl sites for hydroxylation is 2. The lowest BCUT2D eigenvalue weighted by Gasteiger charge is -2.09. The number of benzene rings is 2. The number of hydrogen-bond donors (Lipinski definition) is 3. The van der Waals surface area contributed by atoms with Gasteiger partial charge in [0.1, 0.15) is 5.75 Å². The minimum atomic E-state index is 0.158. The summed E-state index contributed by atoms with van der Waals surface area (Å²) >= 11 is 5.96. The van der Waals surface area contributed by atoms with Crippen LogP contribution in [0.25, 0.3) is 5.95 Å². The Hall–Kier alpha value is -3.98. The molecule has 0 spiro atoms. The van der Waals surface area contributed by atoms with Gasteiger partial charge in [-0.15, -0.1) is 0 Å². The number of rotatable bonds is 6. The fourth-order valence-corrected chi connectivity index (χ4v) is 2.95. The molecule has 2 heterocycles. The van der Waals surface area contributed by atoms with Crippen molar-refractivity contribution in [2.75, 3.05) is 10.7 Å². The van der Waals surface area contributed by atoms with Gasteiger partial charge in [-0.25, -0.2) is 10.1 Å². The van der Waals surface area contributed by atoms with E-state index >= 15 is 0 Å². The highest BCUT2D eigenvalue weighted by molar-refractivity contribution is 6.30. The highest BCUT2D eigenvalue weighted by Gasteiger charge is 2.12. The van der Waals surface area contributed by atoms with Crippen LogP contribution in [0.1, 0.15) is 17.0 Å². The van der Waals surface area contributed by atoms with Crippen LogP contribution in [-0.2, 0) is 0 Å². The summed E-state index contributed by atoms with van der Waals surface area (Å²) in [6, 6.07) is 15.8. The minimum Gasteiger partial charge on any atom is -0.508 e. The molecule has 0 atom stereocenters. The molecule has 0 aliphatic rings. The molecule has 10 heteroatoms. The monoisotopic (exact) mass is 434 g/mol. The summed E-state index contributed by atoms with van der Waals surface area (Å²) in [6.45, 7) is 3.82. The molecular formula is C21H19ClN8O. The second-order valence-corrected chi connectivity index (χ2v) is 7.15. The Balaban J connectivity index is 1.65. The number of halogens is 1. The fourth-order valence-electron chi connectivity index (χ4n) is 2.83. The zero-order valence-electron chi connectivity index (χ0n) is 16.8. The van der Waals surface area contributed by atoms with Crippen molar-refractivity contribution in [2.24, 2.45) is 5.10 Å². The first-order valence-corrected chi connectivity index (χ1v) is 9.74. The number of anilines is 3. The van der Waals surface area contributed by atoms with Crippen LogP contribution in [0, 0.1) is 13.8 Å². The van der Waals surface area contributed by atoms with Gasteiger partial charge in [0.25, 0.3) is 5.95 Å². The van der Waals surface area contributed by atoms with Crippen LogP contribution >= 0.6 is 11.6 Å². The maximum Gasteiger partial charge on any atom is 0.257 e. The summed E-state index contributed by atoms with van der Waals surface area (Å²) in [5.41, 5.74) is 6.03. The maximum atomic E-state index is 9.57. The summed E-state index contributed by atoms with van der Waals surface area (Å²) in [5, 5.41) is 21.9. The van der Waals surface area contributed by atoms with Crippen LogP contribution in [-0.4, -0.2) is 36.1 Å². The van der Waals surface area contributed by atoms with E-state index in [0.717, 1.165) is 22.6 Å². The number of phenolic OH excluding ortho intramolecular Hbond substituents is 1. The molecule has 0 amide bonds. The Morgan fingerprint density at radius 1 is 1.00 bits per heavy atom. The third-order valence-electron chi connectivity index (χ3n) is 4.17. The number of aromatic nitrogens is 5. The van der Waals surface area contributed by atoms with Crippen molar-refractivity contribution < 1.29 is 5.11 Å². The first-order valence-electron chi connectivity index (χ1n) is 9.37. The Bertz CT molecular complexity index is 1240. The Labute approximate surface area is 183 Å². The molecule has 2 aromatic heterocycles. The van der Waals surface area contributed by atoms with Crippen molar-refractivity contribution >= 4 is 35.4 Å². The van der Waals surface area contributed by atoms with Crippen molar-refractivity contribution in [1.29, 1.82) is 0 Å². The molecule has 0 radical (unpaired) electrons. The third-order valence-corrected chi connectivity index (χ3v) is 4.42. The lowest BCUT2D eigenvalue weighted by atomic mass is 10.2. The SMILES string of the molecule is Cc1cc(C)n(-c2nc(N/N=C/c3cccc(O)c3)nc(Nc3ccc(Cl)cc3)n2)n1. The molecule has 4 aromatic rings. The average Bonchev–Trinajstić information content (AvgIpc) is 3.08. The first kappa shape index (κ1) is 20.3. The van der Waals surface area contributed by atoms with E-state index in [-0.39, 0.29) is 11.7 Å². The molecule has 3 N–H and O–H groups in total. The van der Waals surface area contributed by atoms with E-state index in [1.165, 1.54) is 0 Å². The fraction of sp³-hybridized carbons (Fsp3) is 0.0952. The van der Waals surface area contributed by atoms with Crippen LogP contribution in [0.2, 0.25) is 5.02 Å². The van der Waals surface area contributed by atoms with Gasteiger partial charge in [-0.1, -0.05) is 23.7 Å². The van der Waals surface area contributed by atoms with E-state index in [1.54, 1.807) is 41.2 Å². The van der Waals surface area contributed by atoms with Crippen LogP contribution in [0.15, 0.2) is 59.7 Å². The molecule has 31 heavy (non-hydrogen) atoms. The molecule has 0 saturated heterocycles. The number of hydrogen-bond acceptors (Lipinski definition) is 8. The zero-order chi connectivity index (χ0) is 21.8. The second kappa shape index (κ2) is 8.80. The van der Waals surface area contributed by atoms with E-state index in [9.17, 15) is 5.11 Å². The summed E-state index contributed by atoms with van der Waals surface area (Å²) in [4.78, 5) is 13.3. The molecule has 4 rings (SSSR count). The number of nitrogens with zero attached hydrogens (tertiary/aromatic N) is 6. The van der Waals surface area contributed by atoms with Crippen LogP contribution < -0.4 is 10.7 Å². The van der Waals surface area contributed by atoms with Crippen LogP contribution in [0.4, 0.5) is 17.6 Å². The Morgan fingerprint density at radius 2 is 1.77 bits per heavy atom. The molecule has 0 bridgehead atoms. The Morgan fingerprint density at radius 3 is 2.48 bits per heavy atom. The highest BCUT2D eigenvalue weighted by atomic mass is 35.5. The minimum absolute atomic E-state index is 0.158. The van der Waals surface area contributed by atoms with Crippen molar-refractivity contribution in [3.63, 3.8) is 0 Å². The van der Waals surface area contributed by atoms with Gasteiger partial charge in [0.2, 0.25) is 11.9 Å². The molecule has 0 aliphatic heterocycles. The number of phenols is 1. The summed E-state index contributed by atoms with van der Waals surface area (Å²) in [6.07, 6.45) is 1.55. The van der Waals surface area contributed by atoms with E-state index in [4.69, 9.17) is 11.6 Å². The van der Waals surface area contributed by atoms with Gasteiger partial charge in [-0.2, -0.15) is 25.2 Å². The second-order valence-electron chi connectivity index (χ2n) is 6.72. The molecule has 2 aromatic carbocycles. The summed E-state index contributed by atoms with van der Waals surface area (Å²) in [7, 11) is 0. The molecule has 0 fully saturated rings.